The summed E-state index contributed by atoms with van der Waals surface area (Å²) in [5, 5.41) is 0. The van der Waals surface area contributed by atoms with Crippen LogP contribution >= 0.6 is 0 Å². The van der Waals surface area contributed by atoms with Crippen LogP contribution in [0.15, 0.2) is 229 Å². The fourth-order valence-corrected chi connectivity index (χ4v) is 8.80. The Morgan fingerprint density at radius 2 is 0.733 bits per heavy atom. The van der Waals surface area contributed by atoms with Gasteiger partial charge in [0, 0.05) is 44.5 Å². The summed E-state index contributed by atoms with van der Waals surface area (Å²) in [7, 11) is -4.02. The summed E-state index contributed by atoms with van der Waals surface area (Å²) in [5.74, 6) is 0. The molecular formula is C64H52N4O4SZn2-2. The minimum Gasteiger partial charge on any atom is -0.657 e. The van der Waals surface area contributed by atoms with E-state index in [1.54, 1.807) is 24.3 Å². The number of hydrogen-bond donors (Lipinski definition) is 1. The van der Waals surface area contributed by atoms with E-state index >= 15 is 0 Å². The fourth-order valence-electron chi connectivity index (χ4n) is 8.32. The fraction of sp³-hybridized carbons (Fsp3) is 0.0469. The van der Waals surface area contributed by atoms with E-state index in [1.807, 2.05) is 49.4 Å². The van der Waals surface area contributed by atoms with Gasteiger partial charge in [-0.2, -0.15) is 8.42 Å². The summed E-state index contributed by atoms with van der Waals surface area (Å²) in [6.07, 6.45) is 18.7. The van der Waals surface area contributed by atoms with E-state index in [1.165, 1.54) is 12.1 Å². The van der Waals surface area contributed by atoms with Gasteiger partial charge in [0.1, 0.15) is 6.29 Å². The first-order valence-electron chi connectivity index (χ1n) is 23.4. The predicted octanol–water partition coefficient (Wildman–Crippen LogP) is 15.5. The number of carbonyl (C=O) groups excluding carboxylic acids is 1. The monoisotopic (exact) mass is 1100 g/mol. The van der Waals surface area contributed by atoms with Crippen LogP contribution in [0, 0.1) is 6.92 Å². The molecule has 364 valence electrons. The molecule has 0 spiro atoms. The van der Waals surface area contributed by atoms with E-state index in [0.29, 0.717) is 0 Å². The van der Waals surface area contributed by atoms with Gasteiger partial charge in [0.25, 0.3) is 10.1 Å². The second-order valence-corrected chi connectivity index (χ2v) is 18.2. The average molecular weight is 1100 g/mol. The summed E-state index contributed by atoms with van der Waals surface area (Å²) in [6, 6.07) is 65.1. The number of rotatable bonds is 6. The van der Waals surface area contributed by atoms with E-state index in [4.69, 9.17) is 24.5 Å². The minimum atomic E-state index is -4.02. The van der Waals surface area contributed by atoms with E-state index in [2.05, 4.69) is 170 Å². The van der Waals surface area contributed by atoms with Crippen LogP contribution in [0.1, 0.15) is 52.5 Å². The molecule has 5 heterocycles. The van der Waals surface area contributed by atoms with Crippen molar-refractivity contribution >= 4 is 62.8 Å². The van der Waals surface area contributed by atoms with Crippen LogP contribution in [0.2, 0.25) is 0 Å². The van der Waals surface area contributed by atoms with Crippen LogP contribution in [0.4, 0.5) is 0 Å². The summed E-state index contributed by atoms with van der Waals surface area (Å²) < 4.78 is 29.6. The maximum atomic E-state index is 10.5. The first-order valence-corrected chi connectivity index (χ1v) is 24.8. The van der Waals surface area contributed by atoms with Crippen molar-refractivity contribution in [2.75, 3.05) is 0 Å². The molecule has 0 saturated heterocycles. The van der Waals surface area contributed by atoms with Crippen LogP contribution in [0.25, 0.3) is 90.9 Å². The molecule has 0 fully saturated rings. The Balaban J connectivity index is 0.000000278. The maximum absolute atomic E-state index is 10.5. The van der Waals surface area contributed by atoms with E-state index < -0.39 is 10.1 Å². The zero-order valence-electron chi connectivity index (χ0n) is 40.7. The van der Waals surface area contributed by atoms with Crippen molar-refractivity contribution in [1.29, 1.82) is 0 Å². The number of nitrogens with zero attached hydrogens (tertiary/aromatic N) is 4. The van der Waals surface area contributed by atoms with Crippen molar-refractivity contribution in [2.24, 2.45) is 0 Å². The zero-order chi connectivity index (χ0) is 49.7. The Morgan fingerprint density at radius 1 is 0.440 bits per heavy atom. The summed E-state index contributed by atoms with van der Waals surface area (Å²) in [4.78, 5) is 31.2. The maximum Gasteiger partial charge on any atom is 0.294 e. The summed E-state index contributed by atoms with van der Waals surface area (Å²) in [5.41, 5.74) is 16.7. The van der Waals surface area contributed by atoms with E-state index in [-0.39, 0.29) is 51.3 Å². The van der Waals surface area contributed by atoms with Gasteiger partial charge in [0.15, 0.2) is 0 Å². The second-order valence-electron chi connectivity index (χ2n) is 16.7. The molecule has 0 atom stereocenters. The number of aldehydes is 1. The SMILES string of the molecule is C.C1=CCC=C1.C1=Cc2nc1c(-c1ccccc1)c1ccc([n-]1)c(-c1ccccc1)c1nc(c(-c3ccccc3)c3ccc([n-]3)c2-c2ccccc2)C=C1.Cc1ccc(S(=O)(=O)O)cc1.O=Cc1ccccc1.[Zn].[Zn]. The molecule has 9 aromatic rings. The standard InChI is InChI=1S/C44H28N4.C7H8O3S.C7H6O.C5H6.CH4.2Zn/c1-5-13-29(14-6-1)41-33-21-23-35(45-33)42(30-15-7-2-8-16-30)37-25-27-39(47-37)44(32-19-11-4-12-20-32)40-28-26-38(48-40)43(31-17-9-3-10-18-31)36-24-22-34(41)46-36;1-6-2-4-7(5-3-6)11(8,9)10;8-6-7-4-2-1-3-5-7;1-2-4-5-3-1;;;/h1-28H;2-5H,1H3,(H,8,9,10);1-6H;1-4H,5H2;1H4;;/q-2;;;;;;. The van der Waals surface area contributed by atoms with Crippen molar-refractivity contribution in [3.63, 3.8) is 0 Å². The van der Waals surface area contributed by atoms with Gasteiger partial charge in [-0.05, 0) is 94.3 Å². The third-order valence-electron chi connectivity index (χ3n) is 11.8. The summed E-state index contributed by atoms with van der Waals surface area (Å²) >= 11 is 0. The molecule has 6 aromatic carbocycles. The number of benzene rings is 6. The van der Waals surface area contributed by atoms with Gasteiger partial charge in [-0.1, -0.05) is 225 Å². The van der Waals surface area contributed by atoms with Crippen LogP contribution in [-0.4, -0.2) is 29.2 Å². The molecule has 0 amide bonds. The number of fused-ring (bicyclic) bond motifs is 8. The number of aromatic nitrogens is 4. The van der Waals surface area contributed by atoms with Crippen LogP contribution in [-0.2, 0) is 49.1 Å². The Kier molecular flexibility index (Phi) is 20.3. The van der Waals surface area contributed by atoms with Crippen LogP contribution < -0.4 is 9.97 Å². The van der Waals surface area contributed by atoms with E-state index in [0.717, 1.165) is 113 Å². The van der Waals surface area contributed by atoms with Gasteiger partial charge in [-0.15, -0.1) is 22.1 Å². The number of aryl methyl sites for hydroxylation is 1. The molecule has 3 aromatic heterocycles. The largest absolute Gasteiger partial charge is 0.657 e. The van der Waals surface area contributed by atoms with Gasteiger partial charge in [0.2, 0.25) is 0 Å². The Morgan fingerprint density at radius 3 is 0.973 bits per heavy atom. The molecule has 75 heavy (non-hydrogen) atoms. The quantitative estimate of drug-likeness (QED) is 0.0991. The van der Waals surface area contributed by atoms with Gasteiger partial charge in [0.05, 0.1) is 27.7 Å². The van der Waals surface area contributed by atoms with Crippen molar-refractivity contribution < 1.29 is 56.7 Å². The van der Waals surface area contributed by atoms with Crippen molar-refractivity contribution in [1.82, 2.24) is 19.9 Å². The Hall–Kier alpha value is -7.77. The molecule has 2 aliphatic heterocycles. The first kappa shape index (κ1) is 56.5. The third kappa shape index (κ3) is 14.1. The molecule has 8 bridgehead atoms. The Labute approximate surface area is 464 Å². The molecular weight excluding hydrogens is 1050 g/mol. The average Bonchev–Trinajstić information content (AvgIpc) is 4.30. The molecule has 12 rings (SSSR count). The first-order chi connectivity index (χ1) is 35.2. The topological polar surface area (TPSA) is 125 Å². The number of carbonyl (C=O) groups is 1. The molecule has 1 N–H and O–H groups in total. The second kappa shape index (κ2) is 27.0. The molecule has 8 nitrogen and oxygen atoms in total. The van der Waals surface area contributed by atoms with Crippen molar-refractivity contribution in [2.45, 2.75) is 25.7 Å². The molecule has 0 unspecified atom stereocenters. The third-order valence-corrected chi connectivity index (χ3v) is 12.6. The minimum absolute atomic E-state index is 0. The van der Waals surface area contributed by atoms with Crippen LogP contribution in [0.3, 0.4) is 0 Å². The summed E-state index contributed by atoms with van der Waals surface area (Å²) in [6.45, 7) is 1.84. The smallest absolute Gasteiger partial charge is 0.294 e. The van der Waals surface area contributed by atoms with Crippen LogP contribution in [0.5, 0.6) is 0 Å². The Bertz CT molecular complexity index is 3390. The van der Waals surface area contributed by atoms with Gasteiger partial charge in [-0.25, -0.2) is 9.97 Å². The molecule has 0 radical (unpaired) electrons. The predicted molar refractivity (Wildman–Crippen MR) is 301 cm³/mol. The zero-order valence-corrected chi connectivity index (χ0v) is 47.5. The molecule has 11 heteroatoms. The number of allylic oxidation sites excluding steroid dienone is 4. The van der Waals surface area contributed by atoms with Gasteiger partial charge >= 0.3 is 0 Å². The van der Waals surface area contributed by atoms with Crippen molar-refractivity contribution in [3.05, 3.63) is 258 Å². The molecule has 0 saturated carbocycles. The molecule has 1 aliphatic carbocycles. The van der Waals surface area contributed by atoms with Gasteiger partial charge in [-0.3, -0.25) is 9.35 Å². The normalized spacial score (nSPS) is 11.4. The molecule has 3 aliphatic rings. The van der Waals surface area contributed by atoms with Gasteiger partial charge < -0.3 is 9.97 Å². The van der Waals surface area contributed by atoms with E-state index in [9.17, 15) is 13.2 Å². The van der Waals surface area contributed by atoms with Crippen molar-refractivity contribution in [3.8, 4) is 44.5 Å². The number of hydrogen-bond acceptors (Lipinski definition) is 5.